The first kappa shape index (κ1) is 12.3. The van der Waals surface area contributed by atoms with Gasteiger partial charge in [-0.2, -0.15) is 0 Å². The fourth-order valence-electron chi connectivity index (χ4n) is 1.88. The third-order valence-corrected chi connectivity index (χ3v) is 3.15. The molecule has 1 atom stereocenters. The lowest BCUT2D eigenvalue weighted by Crippen LogP contribution is -2.28. The first-order valence-corrected chi connectivity index (χ1v) is 6.13. The van der Waals surface area contributed by atoms with Crippen molar-refractivity contribution in [3.8, 4) is 0 Å². The minimum atomic E-state index is -0.486. The number of rotatable bonds is 1. The molecule has 2 rings (SSSR count). The summed E-state index contributed by atoms with van der Waals surface area (Å²) in [7, 11) is 0. The fourth-order valence-corrected chi connectivity index (χ4v) is 2.28. The maximum Gasteiger partial charge on any atom is 0.356 e. The molecule has 0 saturated heterocycles. The second kappa shape index (κ2) is 4.26. The summed E-state index contributed by atoms with van der Waals surface area (Å²) in [5, 5.41) is 3.10. The van der Waals surface area contributed by atoms with E-state index < -0.39 is 5.60 Å². The number of ether oxygens (including phenoxy) is 1. The lowest BCUT2D eigenvalue weighted by Gasteiger charge is -2.20. The van der Waals surface area contributed by atoms with E-state index in [1.165, 1.54) is 0 Å². The van der Waals surface area contributed by atoms with Crippen molar-refractivity contribution in [1.29, 1.82) is 0 Å². The van der Waals surface area contributed by atoms with Crippen LogP contribution in [0.3, 0.4) is 0 Å². The average Bonchev–Trinajstić information content (AvgIpc) is 2.55. The third-order valence-electron chi connectivity index (χ3n) is 2.62. The number of thiol groups is 1. The van der Waals surface area contributed by atoms with Crippen molar-refractivity contribution in [1.82, 2.24) is 5.32 Å². The molecule has 0 aromatic carbocycles. The molecule has 1 aliphatic heterocycles. The summed E-state index contributed by atoms with van der Waals surface area (Å²) in [5.41, 5.74) is 1.02. The highest BCUT2D eigenvalue weighted by atomic mass is 32.1. The zero-order valence-corrected chi connectivity index (χ0v) is 11.2. The molecular weight excluding hydrogens is 234 g/mol. The van der Waals surface area contributed by atoms with Crippen LogP contribution in [0, 0.1) is 5.92 Å². The van der Waals surface area contributed by atoms with Crippen LogP contribution < -0.4 is 5.32 Å². The van der Waals surface area contributed by atoms with Gasteiger partial charge in [0.2, 0.25) is 0 Å². The van der Waals surface area contributed by atoms with Crippen molar-refractivity contribution < 1.29 is 9.53 Å². The Kier molecular flexibility index (Phi) is 3.08. The summed E-state index contributed by atoms with van der Waals surface area (Å²) < 4.78 is 5.34. The molecule has 0 spiro atoms. The molecule has 0 bridgehead atoms. The predicted molar refractivity (Wildman–Crippen MR) is 70.3 cm³/mol. The van der Waals surface area contributed by atoms with E-state index in [4.69, 9.17) is 4.74 Å². The molecule has 0 aromatic heterocycles. The number of carbonyl (C=O) groups excluding carboxylic acids is 1. The largest absolute Gasteiger partial charge is 0.455 e. The van der Waals surface area contributed by atoms with Crippen molar-refractivity contribution in [3.63, 3.8) is 0 Å². The van der Waals surface area contributed by atoms with E-state index in [0.717, 1.165) is 17.0 Å². The topological polar surface area (TPSA) is 38.3 Å². The Morgan fingerprint density at radius 1 is 1.53 bits per heavy atom. The summed E-state index contributed by atoms with van der Waals surface area (Å²) in [5.74, 6) is -0.149. The minimum Gasteiger partial charge on any atom is -0.455 e. The van der Waals surface area contributed by atoms with Crippen LogP contribution in [-0.2, 0) is 9.53 Å². The van der Waals surface area contributed by atoms with Gasteiger partial charge in [-0.1, -0.05) is 12.2 Å². The Labute approximate surface area is 107 Å². The van der Waals surface area contributed by atoms with Gasteiger partial charge in [-0.05, 0) is 33.3 Å². The van der Waals surface area contributed by atoms with Crippen LogP contribution in [0.1, 0.15) is 27.2 Å². The Morgan fingerprint density at radius 3 is 2.82 bits per heavy atom. The average molecular weight is 251 g/mol. The zero-order valence-electron chi connectivity index (χ0n) is 10.3. The molecule has 1 unspecified atom stereocenters. The maximum absolute atomic E-state index is 12.0. The molecule has 3 nitrogen and oxygen atoms in total. The van der Waals surface area contributed by atoms with Gasteiger partial charge in [0.25, 0.3) is 0 Å². The molecule has 2 aliphatic rings. The molecule has 0 saturated carbocycles. The normalized spacial score (nSPS) is 23.1. The van der Waals surface area contributed by atoms with Crippen molar-refractivity contribution in [2.75, 3.05) is 0 Å². The van der Waals surface area contributed by atoms with Gasteiger partial charge in [0.15, 0.2) is 0 Å². The van der Waals surface area contributed by atoms with E-state index in [2.05, 4.69) is 24.0 Å². The van der Waals surface area contributed by atoms with Crippen LogP contribution in [-0.4, -0.2) is 11.6 Å². The molecule has 0 amide bonds. The number of hydrogen-bond acceptors (Lipinski definition) is 4. The Bertz CT molecular complexity index is 441. The number of allylic oxidation sites excluding steroid dienone is 4. The molecule has 1 heterocycles. The van der Waals surface area contributed by atoms with Gasteiger partial charge in [0.05, 0.1) is 0 Å². The predicted octanol–water partition coefficient (Wildman–Crippen LogP) is 2.53. The van der Waals surface area contributed by atoms with Crippen LogP contribution in [0.5, 0.6) is 0 Å². The summed E-state index contributed by atoms with van der Waals surface area (Å²) in [6.07, 6.45) is 6.91. The molecule has 17 heavy (non-hydrogen) atoms. The zero-order chi connectivity index (χ0) is 12.6. The molecule has 4 heteroatoms. The number of fused-ring (bicyclic) bond motifs is 1. The summed E-state index contributed by atoms with van der Waals surface area (Å²) in [4.78, 5) is 12.7. The van der Waals surface area contributed by atoms with Gasteiger partial charge < -0.3 is 10.1 Å². The van der Waals surface area contributed by atoms with E-state index in [-0.39, 0.29) is 11.9 Å². The Balaban J connectivity index is 2.18. The van der Waals surface area contributed by atoms with Crippen molar-refractivity contribution in [2.24, 2.45) is 5.92 Å². The van der Waals surface area contributed by atoms with Crippen LogP contribution in [0.4, 0.5) is 0 Å². The lowest BCUT2D eigenvalue weighted by molar-refractivity contribution is -0.150. The van der Waals surface area contributed by atoms with Crippen LogP contribution in [0.25, 0.3) is 0 Å². The number of hydrogen-bond donors (Lipinski definition) is 2. The minimum absolute atomic E-state index is 0.186. The highest BCUT2D eigenvalue weighted by Gasteiger charge is 2.33. The molecule has 1 aliphatic carbocycles. The Morgan fingerprint density at radius 2 is 2.24 bits per heavy atom. The number of esters is 1. The monoisotopic (exact) mass is 251 g/mol. The smallest absolute Gasteiger partial charge is 0.356 e. The SMILES string of the molecule is CC(C)(C)OC(=O)C1=C(S)C2CC=CC=C2N1. The van der Waals surface area contributed by atoms with Crippen molar-refractivity contribution >= 4 is 18.6 Å². The first-order valence-electron chi connectivity index (χ1n) is 5.69. The fraction of sp³-hybridized carbons (Fsp3) is 0.462. The molecule has 0 aromatic rings. The summed E-state index contributed by atoms with van der Waals surface area (Å²) in [6, 6.07) is 0. The van der Waals surface area contributed by atoms with Gasteiger partial charge in [0.1, 0.15) is 11.3 Å². The van der Waals surface area contributed by atoms with Crippen molar-refractivity contribution in [3.05, 3.63) is 34.5 Å². The Hall–Kier alpha value is -1.16. The second-order valence-corrected chi connectivity index (χ2v) is 5.71. The molecular formula is C13H17NO2S. The quantitative estimate of drug-likeness (QED) is 0.555. The van der Waals surface area contributed by atoms with Gasteiger partial charge >= 0.3 is 5.97 Å². The number of carbonyl (C=O) groups is 1. The van der Waals surface area contributed by atoms with Crippen LogP contribution in [0.2, 0.25) is 0 Å². The highest BCUT2D eigenvalue weighted by molar-refractivity contribution is 7.84. The molecule has 92 valence electrons. The van der Waals surface area contributed by atoms with E-state index in [0.29, 0.717) is 5.70 Å². The second-order valence-electron chi connectivity index (χ2n) is 5.23. The van der Waals surface area contributed by atoms with Gasteiger partial charge in [-0.25, -0.2) is 4.79 Å². The highest BCUT2D eigenvalue weighted by Crippen LogP contribution is 2.36. The summed E-state index contributed by atoms with van der Waals surface area (Å²) in [6.45, 7) is 5.56. The molecule has 1 N–H and O–H groups in total. The van der Waals surface area contributed by atoms with E-state index in [9.17, 15) is 4.79 Å². The first-order chi connectivity index (χ1) is 7.88. The van der Waals surface area contributed by atoms with Gasteiger partial charge in [0, 0.05) is 16.5 Å². The lowest BCUT2D eigenvalue weighted by atomic mass is 9.99. The standard InChI is InChI=1S/C13H17NO2S/c1-13(2,3)16-12(15)10-11(17)8-6-4-5-7-9(8)14-10/h4-5,7-8,14,17H,6H2,1-3H3. The van der Waals surface area contributed by atoms with Gasteiger partial charge in [-0.15, -0.1) is 12.6 Å². The van der Waals surface area contributed by atoms with Crippen LogP contribution >= 0.6 is 12.6 Å². The van der Waals surface area contributed by atoms with E-state index in [1.54, 1.807) is 0 Å². The maximum atomic E-state index is 12.0. The van der Waals surface area contributed by atoms with E-state index >= 15 is 0 Å². The third kappa shape index (κ3) is 2.57. The van der Waals surface area contributed by atoms with E-state index in [1.807, 2.05) is 32.9 Å². The number of nitrogens with one attached hydrogen (secondary N) is 1. The van der Waals surface area contributed by atoms with Crippen molar-refractivity contribution in [2.45, 2.75) is 32.8 Å². The molecule has 0 radical (unpaired) electrons. The summed E-state index contributed by atoms with van der Waals surface area (Å²) >= 11 is 4.44. The van der Waals surface area contributed by atoms with Gasteiger partial charge in [-0.3, -0.25) is 0 Å². The van der Waals surface area contributed by atoms with Crippen LogP contribution in [0.15, 0.2) is 34.5 Å². The molecule has 0 fully saturated rings.